The quantitative estimate of drug-likeness (QED) is 0.938. The van der Waals surface area contributed by atoms with E-state index in [0.29, 0.717) is 11.1 Å². The number of nitrogens with two attached hydrogens (primary N) is 1. The van der Waals surface area contributed by atoms with Crippen molar-refractivity contribution in [1.29, 1.82) is 0 Å². The van der Waals surface area contributed by atoms with Gasteiger partial charge in [0.2, 0.25) is 5.91 Å². The van der Waals surface area contributed by atoms with Crippen LogP contribution >= 0.6 is 0 Å². The van der Waals surface area contributed by atoms with Gasteiger partial charge in [-0.2, -0.15) is 0 Å². The minimum atomic E-state index is -4.76. The molecule has 3 nitrogen and oxygen atoms in total. The zero-order valence-corrected chi connectivity index (χ0v) is 10.1. The largest absolute Gasteiger partial charge is 0.573 e. The molecule has 2 rings (SSSR count). The molecule has 20 heavy (non-hydrogen) atoms. The van der Waals surface area contributed by atoms with E-state index < -0.39 is 12.3 Å². The second kappa shape index (κ2) is 5.24. The number of hydrogen-bond acceptors (Lipinski definition) is 2. The average molecular weight is 281 g/mol. The van der Waals surface area contributed by atoms with Crippen LogP contribution in [0.25, 0.3) is 11.1 Å². The second-order valence-electron chi connectivity index (χ2n) is 3.99. The lowest BCUT2D eigenvalue weighted by Crippen LogP contribution is -2.17. The second-order valence-corrected chi connectivity index (χ2v) is 3.99. The topological polar surface area (TPSA) is 52.3 Å². The van der Waals surface area contributed by atoms with Crippen molar-refractivity contribution < 1.29 is 22.7 Å². The highest BCUT2D eigenvalue weighted by Gasteiger charge is 2.31. The Morgan fingerprint density at radius 1 is 1.05 bits per heavy atom. The van der Waals surface area contributed by atoms with Crippen LogP contribution in [0.3, 0.4) is 0 Å². The number of amides is 1. The number of alkyl halides is 3. The summed E-state index contributed by atoms with van der Waals surface area (Å²) < 4.78 is 40.4. The van der Waals surface area contributed by atoms with Crippen molar-refractivity contribution in [1.82, 2.24) is 0 Å². The Bertz CT molecular complexity index is 638. The van der Waals surface area contributed by atoms with Crippen LogP contribution in [0.1, 0.15) is 10.4 Å². The van der Waals surface area contributed by atoms with Crippen LogP contribution < -0.4 is 10.5 Å². The van der Waals surface area contributed by atoms with E-state index in [9.17, 15) is 18.0 Å². The van der Waals surface area contributed by atoms with Crippen LogP contribution in [-0.2, 0) is 0 Å². The van der Waals surface area contributed by atoms with Gasteiger partial charge in [-0.1, -0.05) is 30.3 Å². The third-order valence-corrected chi connectivity index (χ3v) is 2.57. The maximum Gasteiger partial charge on any atom is 0.573 e. The van der Waals surface area contributed by atoms with Gasteiger partial charge in [0, 0.05) is 5.56 Å². The minimum absolute atomic E-state index is 0.233. The zero-order valence-electron chi connectivity index (χ0n) is 10.1. The summed E-state index contributed by atoms with van der Waals surface area (Å²) in [5.41, 5.74) is 6.34. The summed E-state index contributed by atoms with van der Waals surface area (Å²) in [7, 11) is 0. The molecule has 0 aromatic heterocycles. The minimum Gasteiger partial charge on any atom is -0.406 e. The molecule has 2 N–H and O–H groups in total. The van der Waals surface area contributed by atoms with Crippen LogP contribution in [0, 0.1) is 0 Å². The Morgan fingerprint density at radius 2 is 1.75 bits per heavy atom. The fourth-order valence-electron chi connectivity index (χ4n) is 1.81. The maximum absolute atomic E-state index is 12.2. The first-order chi connectivity index (χ1) is 9.37. The van der Waals surface area contributed by atoms with Gasteiger partial charge in [-0.15, -0.1) is 13.2 Å². The normalized spacial score (nSPS) is 11.2. The first-order valence-electron chi connectivity index (χ1n) is 5.62. The summed E-state index contributed by atoms with van der Waals surface area (Å²) in [6, 6.07) is 11.8. The van der Waals surface area contributed by atoms with Gasteiger partial charge >= 0.3 is 6.36 Å². The zero-order chi connectivity index (χ0) is 14.8. The summed E-state index contributed by atoms with van der Waals surface area (Å²) in [6.45, 7) is 0. The molecule has 1 amide bonds. The number of carbonyl (C=O) groups excluding carboxylic acids is 1. The number of benzene rings is 2. The molecule has 2 aromatic carbocycles. The highest BCUT2D eigenvalue weighted by atomic mass is 19.4. The van der Waals surface area contributed by atoms with Crippen molar-refractivity contribution in [2.45, 2.75) is 6.36 Å². The Kier molecular flexibility index (Phi) is 3.65. The first kappa shape index (κ1) is 13.9. The molecule has 0 radical (unpaired) electrons. The van der Waals surface area contributed by atoms with Crippen molar-refractivity contribution in [3.05, 3.63) is 54.1 Å². The number of primary amides is 1. The third kappa shape index (κ3) is 3.28. The van der Waals surface area contributed by atoms with Gasteiger partial charge in [0.15, 0.2) is 0 Å². The number of ether oxygens (including phenoxy) is 1. The van der Waals surface area contributed by atoms with Crippen LogP contribution in [0.2, 0.25) is 0 Å². The van der Waals surface area contributed by atoms with Crippen LogP contribution in [0.15, 0.2) is 48.5 Å². The summed E-state index contributed by atoms with van der Waals surface area (Å²) in [6.07, 6.45) is -4.76. The maximum atomic E-state index is 12.2. The van der Waals surface area contributed by atoms with Gasteiger partial charge < -0.3 is 10.5 Å². The number of hydrogen-bond donors (Lipinski definition) is 1. The third-order valence-electron chi connectivity index (χ3n) is 2.57. The summed E-state index contributed by atoms with van der Waals surface area (Å²) in [5.74, 6) is -1.00. The molecule has 6 heteroatoms. The lowest BCUT2D eigenvalue weighted by atomic mass is 9.99. The molecule has 0 heterocycles. The molecule has 0 aliphatic carbocycles. The molecule has 0 aliphatic rings. The van der Waals surface area contributed by atoms with Crippen molar-refractivity contribution in [3.63, 3.8) is 0 Å². The Balaban J connectivity index is 2.44. The molecule has 104 valence electrons. The molecule has 0 unspecified atom stereocenters. The summed E-state index contributed by atoms with van der Waals surface area (Å²) in [4.78, 5) is 11.3. The van der Waals surface area contributed by atoms with Gasteiger partial charge in [0.05, 0.1) is 0 Å². The van der Waals surface area contributed by atoms with Crippen molar-refractivity contribution in [2.75, 3.05) is 0 Å². The molecule has 2 aromatic rings. The van der Waals surface area contributed by atoms with Crippen LogP contribution in [0.4, 0.5) is 13.2 Å². The van der Waals surface area contributed by atoms with E-state index >= 15 is 0 Å². The van der Waals surface area contributed by atoms with E-state index in [1.54, 1.807) is 24.3 Å². The molecule has 0 saturated heterocycles. The smallest absolute Gasteiger partial charge is 0.406 e. The Hall–Kier alpha value is -2.50. The highest BCUT2D eigenvalue weighted by molar-refractivity contribution is 5.99. The molecular weight excluding hydrogens is 271 g/mol. The number of halogens is 3. The van der Waals surface area contributed by atoms with Crippen LogP contribution in [0.5, 0.6) is 5.75 Å². The predicted octanol–water partition coefficient (Wildman–Crippen LogP) is 3.35. The fraction of sp³-hybridized carbons (Fsp3) is 0.0714. The lowest BCUT2D eigenvalue weighted by molar-refractivity contribution is -0.274. The molecule has 0 atom stereocenters. The van der Waals surface area contributed by atoms with Crippen molar-refractivity contribution in [3.8, 4) is 16.9 Å². The fourth-order valence-corrected chi connectivity index (χ4v) is 1.81. The predicted molar refractivity (Wildman–Crippen MR) is 67.1 cm³/mol. The van der Waals surface area contributed by atoms with Gasteiger partial charge in [-0.25, -0.2) is 0 Å². The summed E-state index contributed by atoms with van der Waals surface area (Å²) in [5, 5.41) is 0. The van der Waals surface area contributed by atoms with E-state index in [1.165, 1.54) is 24.3 Å². The van der Waals surface area contributed by atoms with E-state index in [4.69, 9.17) is 5.73 Å². The van der Waals surface area contributed by atoms with E-state index in [1.807, 2.05) is 0 Å². The van der Waals surface area contributed by atoms with Gasteiger partial charge in [0.25, 0.3) is 0 Å². The average Bonchev–Trinajstić information content (AvgIpc) is 2.37. The molecule has 0 aliphatic heterocycles. The van der Waals surface area contributed by atoms with E-state index in [2.05, 4.69) is 4.74 Å². The standard InChI is InChI=1S/C14H10F3NO2/c15-14(16,17)20-10-5-3-4-9(8-10)11-6-1-2-7-12(11)13(18)19/h1-8H,(H2,18,19). The Labute approximate surface area is 112 Å². The van der Waals surface area contributed by atoms with E-state index in [-0.39, 0.29) is 11.3 Å². The van der Waals surface area contributed by atoms with Gasteiger partial charge in [-0.3, -0.25) is 4.79 Å². The van der Waals surface area contributed by atoms with Crippen molar-refractivity contribution >= 4 is 5.91 Å². The molecule has 0 bridgehead atoms. The van der Waals surface area contributed by atoms with Gasteiger partial charge in [0.1, 0.15) is 5.75 Å². The molecule has 0 fully saturated rings. The number of carbonyl (C=O) groups is 1. The van der Waals surface area contributed by atoms with E-state index in [0.717, 1.165) is 0 Å². The monoisotopic (exact) mass is 281 g/mol. The van der Waals surface area contributed by atoms with Crippen molar-refractivity contribution in [2.24, 2.45) is 5.73 Å². The Morgan fingerprint density at radius 3 is 2.40 bits per heavy atom. The highest BCUT2D eigenvalue weighted by Crippen LogP contribution is 2.29. The SMILES string of the molecule is NC(=O)c1ccccc1-c1cccc(OC(F)(F)F)c1. The van der Waals surface area contributed by atoms with Crippen LogP contribution in [-0.4, -0.2) is 12.3 Å². The molecule has 0 spiro atoms. The molecule has 0 saturated carbocycles. The molecular formula is C14H10F3NO2. The number of rotatable bonds is 3. The first-order valence-corrected chi connectivity index (χ1v) is 5.62. The lowest BCUT2D eigenvalue weighted by Gasteiger charge is -2.11. The van der Waals surface area contributed by atoms with Gasteiger partial charge in [-0.05, 0) is 29.3 Å². The summed E-state index contributed by atoms with van der Waals surface area (Å²) >= 11 is 0.